The summed E-state index contributed by atoms with van der Waals surface area (Å²) in [6.45, 7) is 1.97. The molecule has 0 aliphatic rings. The molecule has 3 aromatic rings. The normalized spacial score (nSPS) is 10.5. The van der Waals surface area contributed by atoms with E-state index in [9.17, 15) is 9.59 Å². The van der Waals surface area contributed by atoms with Crippen LogP contribution in [0, 0.1) is 6.92 Å². The third-order valence-electron chi connectivity index (χ3n) is 3.55. The number of halogens is 1. The minimum atomic E-state index is -0.0925. The molecule has 0 radical (unpaired) electrons. The van der Waals surface area contributed by atoms with E-state index < -0.39 is 0 Å². The van der Waals surface area contributed by atoms with E-state index in [0.29, 0.717) is 33.8 Å². The summed E-state index contributed by atoms with van der Waals surface area (Å²) >= 11 is 6.20. The van der Waals surface area contributed by atoms with E-state index in [4.69, 9.17) is 16.0 Å². The lowest BCUT2D eigenvalue weighted by molar-refractivity contribution is 0.103. The Hall–Kier alpha value is -2.65. The fraction of sp³-hybridized carbons (Fsp3) is 0.0526. The van der Waals surface area contributed by atoms with E-state index in [1.165, 1.54) is 0 Å². The number of rotatable bonds is 4. The van der Waals surface area contributed by atoms with Gasteiger partial charge in [-0.3, -0.25) is 9.59 Å². The molecule has 0 bridgehead atoms. The minimum absolute atomic E-state index is 0.0925. The molecule has 0 spiro atoms. The highest BCUT2D eigenvalue weighted by Gasteiger charge is 2.14. The molecular formula is C19H13ClO3. The Morgan fingerprint density at radius 1 is 1.00 bits per heavy atom. The second kappa shape index (κ2) is 6.23. The number of aryl methyl sites for hydroxylation is 1. The van der Waals surface area contributed by atoms with Crippen LogP contribution in [0.25, 0.3) is 11.3 Å². The highest BCUT2D eigenvalue weighted by Crippen LogP contribution is 2.30. The number of carbonyl (C=O) groups excluding carboxylic acids is 2. The highest BCUT2D eigenvalue weighted by atomic mass is 35.5. The van der Waals surface area contributed by atoms with Crippen LogP contribution >= 0.6 is 11.6 Å². The number of hydrogen-bond acceptors (Lipinski definition) is 3. The number of furan rings is 1. The quantitative estimate of drug-likeness (QED) is 0.504. The summed E-state index contributed by atoms with van der Waals surface area (Å²) in [5.41, 5.74) is 2.79. The van der Waals surface area contributed by atoms with Crippen molar-refractivity contribution in [3.8, 4) is 11.3 Å². The molecule has 0 aliphatic heterocycles. The standard InChI is InChI=1S/C19H13ClO3/c1-12-2-4-13(5-3-12)19(22)14-6-8-17(20)16(10-14)18-9-7-15(11-21)23-18/h2-11H,1H3. The maximum absolute atomic E-state index is 12.6. The van der Waals surface area contributed by atoms with E-state index in [1.807, 2.05) is 19.1 Å². The molecule has 3 nitrogen and oxygen atoms in total. The topological polar surface area (TPSA) is 47.3 Å². The van der Waals surface area contributed by atoms with Crippen molar-refractivity contribution in [2.24, 2.45) is 0 Å². The van der Waals surface area contributed by atoms with Gasteiger partial charge in [0.2, 0.25) is 0 Å². The molecule has 4 heteroatoms. The molecule has 1 heterocycles. The first-order chi connectivity index (χ1) is 11.1. The molecule has 1 aromatic heterocycles. The third kappa shape index (κ3) is 3.10. The number of ketones is 1. The summed E-state index contributed by atoms with van der Waals surface area (Å²) in [6, 6.07) is 15.6. The lowest BCUT2D eigenvalue weighted by Gasteiger charge is -2.06. The van der Waals surface area contributed by atoms with Crippen molar-refractivity contribution in [2.75, 3.05) is 0 Å². The van der Waals surface area contributed by atoms with Crippen LogP contribution in [0.1, 0.15) is 32.0 Å². The molecule has 0 atom stereocenters. The Balaban J connectivity index is 2.01. The van der Waals surface area contributed by atoms with Crippen LogP contribution in [0.2, 0.25) is 5.02 Å². The largest absolute Gasteiger partial charge is 0.453 e. The van der Waals surface area contributed by atoms with Gasteiger partial charge in [-0.2, -0.15) is 0 Å². The van der Waals surface area contributed by atoms with Crippen LogP contribution < -0.4 is 0 Å². The summed E-state index contributed by atoms with van der Waals surface area (Å²) in [5, 5.41) is 0.456. The van der Waals surface area contributed by atoms with Crippen molar-refractivity contribution < 1.29 is 14.0 Å². The number of hydrogen-bond donors (Lipinski definition) is 0. The highest BCUT2D eigenvalue weighted by molar-refractivity contribution is 6.33. The van der Waals surface area contributed by atoms with Gasteiger partial charge in [-0.25, -0.2) is 0 Å². The molecule has 114 valence electrons. The predicted octanol–water partition coefficient (Wildman–Crippen LogP) is 4.95. The van der Waals surface area contributed by atoms with Crippen LogP contribution in [0.15, 0.2) is 59.0 Å². The van der Waals surface area contributed by atoms with Gasteiger partial charge in [0, 0.05) is 16.7 Å². The van der Waals surface area contributed by atoms with Gasteiger partial charge in [-0.05, 0) is 37.3 Å². The van der Waals surface area contributed by atoms with Crippen LogP contribution in [0.3, 0.4) is 0 Å². The van der Waals surface area contributed by atoms with Crippen LogP contribution in [0.5, 0.6) is 0 Å². The van der Waals surface area contributed by atoms with Gasteiger partial charge in [0.1, 0.15) is 5.76 Å². The van der Waals surface area contributed by atoms with Gasteiger partial charge >= 0.3 is 0 Å². The number of benzene rings is 2. The summed E-state index contributed by atoms with van der Waals surface area (Å²) in [4.78, 5) is 23.3. The summed E-state index contributed by atoms with van der Waals surface area (Å²) in [6.07, 6.45) is 0.624. The van der Waals surface area contributed by atoms with E-state index in [2.05, 4.69) is 0 Å². The average Bonchev–Trinajstić information content (AvgIpc) is 3.04. The fourth-order valence-corrected chi connectivity index (χ4v) is 2.50. The molecule has 0 amide bonds. The Labute approximate surface area is 138 Å². The summed E-state index contributed by atoms with van der Waals surface area (Å²) in [7, 11) is 0. The zero-order valence-electron chi connectivity index (χ0n) is 12.4. The van der Waals surface area contributed by atoms with E-state index >= 15 is 0 Å². The molecule has 0 aliphatic carbocycles. The second-order valence-electron chi connectivity index (χ2n) is 5.21. The number of aldehydes is 1. The van der Waals surface area contributed by atoms with Crippen molar-refractivity contribution in [3.05, 3.63) is 82.1 Å². The zero-order chi connectivity index (χ0) is 16.4. The molecule has 23 heavy (non-hydrogen) atoms. The molecule has 3 rings (SSSR count). The van der Waals surface area contributed by atoms with Gasteiger partial charge in [-0.1, -0.05) is 41.4 Å². The first kappa shape index (κ1) is 15.3. The fourth-order valence-electron chi connectivity index (χ4n) is 2.29. The maximum Gasteiger partial charge on any atom is 0.193 e. The monoisotopic (exact) mass is 324 g/mol. The summed E-state index contributed by atoms with van der Waals surface area (Å²) < 4.78 is 5.39. The molecule has 0 saturated heterocycles. The van der Waals surface area contributed by atoms with E-state index in [0.717, 1.165) is 5.56 Å². The molecule has 0 unspecified atom stereocenters. The molecular weight excluding hydrogens is 312 g/mol. The smallest absolute Gasteiger partial charge is 0.193 e. The Kier molecular flexibility index (Phi) is 4.13. The van der Waals surface area contributed by atoms with Crippen molar-refractivity contribution in [3.63, 3.8) is 0 Å². The lowest BCUT2D eigenvalue weighted by Crippen LogP contribution is -2.01. The third-order valence-corrected chi connectivity index (χ3v) is 3.88. The van der Waals surface area contributed by atoms with Crippen LogP contribution in [-0.2, 0) is 0 Å². The number of carbonyl (C=O) groups is 2. The second-order valence-corrected chi connectivity index (χ2v) is 5.62. The molecule has 0 N–H and O–H groups in total. The first-order valence-corrected chi connectivity index (χ1v) is 7.42. The van der Waals surface area contributed by atoms with E-state index in [1.54, 1.807) is 42.5 Å². The maximum atomic E-state index is 12.6. The average molecular weight is 325 g/mol. The first-order valence-electron chi connectivity index (χ1n) is 7.05. The van der Waals surface area contributed by atoms with Crippen molar-refractivity contribution in [1.29, 1.82) is 0 Å². The molecule has 2 aromatic carbocycles. The molecule has 0 saturated carbocycles. The Morgan fingerprint density at radius 2 is 1.70 bits per heavy atom. The SMILES string of the molecule is Cc1ccc(C(=O)c2ccc(Cl)c(-c3ccc(C=O)o3)c2)cc1. The van der Waals surface area contributed by atoms with Gasteiger partial charge in [0.25, 0.3) is 0 Å². The minimum Gasteiger partial charge on any atom is -0.453 e. The van der Waals surface area contributed by atoms with Gasteiger partial charge < -0.3 is 4.42 Å². The van der Waals surface area contributed by atoms with Gasteiger partial charge in [-0.15, -0.1) is 0 Å². The lowest BCUT2D eigenvalue weighted by atomic mass is 10.00. The zero-order valence-corrected chi connectivity index (χ0v) is 13.1. The van der Waals surface area contributed by atoms with Crippen molar-refractivity contribution >= 4 is 23.7 Å². The van der Waals surface area contributed by atoms with Gasteiger partial charge in [0.15, 0.2) is 17.8 Å². The Morgan fingerprint density at radius 3 is 2.35 bits per heavy atom. The Bertz CT molecular complexity index is 876. The molecule has 0 fully saturated rings. The van der Waals surface area contributed by atoms with Crippen molar-refractivity contribution in [2.45, 2.75) is 6.92 Å². The van der Waals surface area contributed by atoms with Crippen molar-refractivity contribution in [1.82, 2.24) is 0 Å². The van der Waals surface area contributed by atoms with Crippen LogP contribution in [-0.4, -0.2) is 12.1 Å². The van der Waals surface area contributed by atoms with Gasteiger partial charge in [0.05, 0.1) is 5.02 Å². The van der Waals surface area contributed by atoms with Crippen LogP contribution in [0.4, 0.5) is 0 Å². The predicted molar refractivity (Wildman–Crippen MR) is 89.2 cm³/mol. The summed E-state index contributed by atoms with van der Waals surface area (Å²) in [5.74, 6) is 0.576. The van der Waals surface area contributed by atoms with E-state index in [-0.39, 0.29) is 11.5 Å².